The Morgan fingerprint density at radius 2 is 1.88 bits per heavy atom. The lowest BCUT2D eigenvalue weighted by molar-refractivity contribution is 0.376. The third-order valence-electron chi connectivity index (χ3n) is 4.43. The molecule has 8 heteroatoms. The van der Waals surface area contributed by atoms with Gasteiger partial charge in [-0.1, -0.05) is 18.2 Å². The van der Waals surface area contributed by atoms with Crippen LogP contribution in [0.2, 0.25) is 0 Å². The first-order chi connectivity index (χ1) is 12.3. The van der Waals surface area contributed by atoms with E-state index in [2.05, 4.69) is 10.0 Å². The van der Waals surface area contributed by atoms with E-state index in [1.165, 1.54) is 30.3 Å². The van der Waals surface area contributed by atoms with Crippen molar-refractivity contribution in [3.05, 3.63) is 71.0 Å². The van der Waals surface area contributed by atoms with Crippen LogP contribution in [0.25, 0.3) is 0 Å². The average Bonchev–Trinajstić information content (AvgIpc) is 2.57. The van der Waals surface area contributed by atoms with E-state index in [-0.39, 0.29) is 11.7 Å². The largest absolute Gasteiger partial charge is 0.315 e. The second kappa shape index (κ2) is 7.77. The lowest BCUT2D eigenvalue weighted by Crippen LogP contribution is -2.50. The number of piperidine rings is 1. The van der Waals surface area contributed by atoms with Crippen molar-refractivity contribution in [1.29, 1.82) is 0 Å². The van der Waals surface area contributed by atoms with Crippen molar-refractivity contribution in [1.82, 2.24) is 10.0 Å². The quantitative estimate of drug-likeness (QED) is 0.833. The molecule has 0 radical (unpaired) electrons. The summed E-state index contributed by atoms with van der Waals surface area (Å²) in [5.41, 5.74) is 0.884. The molecule has 1 heterocycles. The van der Waals surface area contributed by atoms with Crippen LogP contribution >= 0.6 is 0 Å². The molecule has 26 heavy (non-hydrogen) atoms. The molecule has 1 aliphatic rings. The van der Waals surface area contributed by atoms with E-state index >= 15 is 0 Å². The summed E-state index contributed by atoms with van der Waals surface area (Å²) in [6, 6.07) is 8.53. The van der Waals surface area contributed by atoms with Gasteiger partial charge in [0.05, 0.1) is 5.75 Å². The molecule has 3 rings (SSSR count). The minimum atomic E-state index is -3.73. The molecule has 4 nitrogen and oxygen atoms in total. The van der Waals surface area contributed by atoms with Crippen LogP contribution in [0.4, 0.5) is 13.2 Å². The fraction of sp³-hybridized carbons (Fsp3) is 0.333. The molecule has 2 aromatic rings. The smallest absolute Gasteiger partial charge is 0.216 e. The first kappa shape index (κ1) is 18.9. The van der Waals surface area contributed by atoms with Gasteiger partial charge in [0.25, 0.3) is 0 Å². The summed E-state index contributed by atoms with van der Waals surface area (Å²) in [5.74, 6) is -3.04. The predicted octanol–water partition coefficient (Wildman–Crippen LogP) is 2.67. The molecule has 2 atom stereocenters. The Bertz CT molecular complexity index is 890. The van der Waals surface area contributed by atoms with Crippen LogP contribution in [0.1, 0.15) is 23.5 Å². The Hall–Kier alpha value is -1.90. The molecule has 0 saturated carbocycles. The number of hydrogen-bond acceptors (Lipinski definition) is 3. The number of sulfonamides is 1. The second-order valence-electron chi connectivity index (χ2n) is 6.39. The maximum atomic E-state index is 13.6. The number of nitrogens with one attached hydrogen (secondary N) is 2. The number of hydrogen-bond donors (Lipinski definition) is 2. The highest BCUT2D eigenvalue weighted by molar-refractivity contribution is 7.88. The molecule has 2 aromatic carbocycles. The highest BCUT2D eigenvalue weighted by atomic mass is 32.2. The van der Waals surface area contributed by atoms with Crippen LogP contribution in [0, 0.1) is 17.5 Å². The van der Waals surface area contributed by atoms with Crippen molar-refractivity contribution in [2.24, 2.45) is 0 Å². The number of benzene rings is 2. The molecule has 0 spiro atoms. The summed E-state index contributed by atoms with van der Waals surface area (Å²) in [6.07, 6.45) is 0.582. The Kier molecular flexibility index (Phi) is 5.64. The van der Waals surface area contributed by atoms with Crippen LogP contribution in [-0.4, -0.2) is 27.5 Å². The lowest BCUT2D eigenvalue weighted by Gasteiger charge is -2.33. The fourth-order valence-electron chi connectivity index (χ4n) is 3.24. The minimum absolute atomic E-state index is 0.284. The molecule has 1 aliphatic heterocycles. The van der Waals surface area contributed by atoms with Gasteiger partial charge >= 0.3 is 0 Å². The summed E-state index contributed by atoms with van der Waals surface area (Å²) in [5, 5.41) is 3.10. The van der Waals surface area contributed by atoms with Crippen LogP contribution < -0.4 is 10.0 Å². The second-order valence-corrected chi connectivity index (χ2v) is 8.14. The van der Waals surface area contributed by atoms with E-state index in [1.54, 1.807) is 0 Å². The summed E-state index contributed by atoms with van der Waals surface area (Å²) in [6.45, 7) is 1.01. The van der Waals surface area contributed by atoms with Gasteiger partial charge in [0.1, 0.15) is 5.82 Å². The summed E-state index contributed by atoms with van der Waals surface area (Å²) in [7, 11) is -3.73. The van der Waals surface area contributed by atoms with Crippen molar-refractivity contribution in [2.45, 2.75) is 24.1 Å². The number of halogens is 3. The van der Waals surface area contributed by atoms with Crippen LogP contribution in [0.5, 0.6) is 0 Å². The van der Waals surface area contributed by atoms with Gasteiger partial charge in [-0.15, -0.1) is 0 Å². The third-order valence-corrected chi connectivity index (χ3v) is 5.81. The first-order valence-electron chi connectivity index (χ1n) is 8.24. The van der Waals surface area contributed by atoms with E-state index in [9.17, 15) is 21.6 Å². The molecule has 0 aromatic heterocycles. The molecular formula is C18H19F3N2O2S. The van der Waals surface area contributed by atoms with E-state index in [0.29, 0.717) is 30.6 Å². The topological polar surface area (TPSA) is 58.2 Å². The Morgan fingerprint density at radius 3 is 2.62 bits per heavy atom. The van der Waals surface area contributed by atoms with Crippen molar-refractivity contribution in [3.63, 3.8) is 0 Å². The van der Waals surface area contributed by atoms with Gasteiger partial charge in [-0.3, -0.25) is 0 Å². The molecular weight excluding hydrogens is 365 g/mol. The normalized spacial score (nSPS) is 20.9. The van der Waals surface area contributed by atoms with E-state index in [4.69, 9.17) is 0 Å². The van der Waals surface area contributed by atoms with Gasteiger partial charge in [-0.05, 0) is 48.4 Å². The Balaban J connectivity index is 1.78. The standard InChI is InChI=1S/C18H19F3N2O2S/c19-14-3-1-2-12(8-14)11-26(24,25)23-18-10-22-7-6-15(18)13-4-5-16(20)17(21)9-13/h1-5,8-9,15,18,22-23H,6-7,10-11H2. The zero-order valence-electron chi connectivity index (χ0n) is 13.9. The van der Waals surface area contributed by atoms with E-state index in [0.717, 1.165) is 12.1 Å². The Morgan fingerprint density at radius 1 is 1.08 bits per heavy atom. The van der Waals surface area contributed by atoms with E-state index in [1.807, 2.05) is 0 Å². The molecule has 2 unspecified atom stereocenters. The first-order valence-corrected chi connectivity index (χ1v) is 9.89. The van der Waals surface area contributed by atoms with Crippen molar-refractivity contribution < 1.29 is 21.6 Å². The molecule has 0 bridgehead atoms. The summed E-state index contributed by atoms with van der Waals surface area (Å²) >= 11 is 0. The van der Waals surface area contributed by atoms with E-state index < -0.39 is 33.5 Å². The molecule has 2 N–H and O–H groups in total. The van der Waals surface area contributed by atoms with Gasteiger partial charge in [0, 0.05) is 18.5 Å². The zero-order chi connectivity index (χ0) is 18.7. The molecule has 140 valence electrons. The van der Waals surface area contributed by atoms with Gasteiger partial charge in [0.2, 0.25) is 10.0 Å². The van der Waals surface area contributed by atoms with Gasteiger partial charge in [0.15, 0.2) is 11.6 Å². The minimum Gasteiger partial charge on any atom is -0.315 e. The van der Waals surface area contributed by atoms with Crippen LogP contribution in [0.15, 0.2) is 42.5 Å². The molecule has 1 saturated heterocycles. The maximum absolute atomic E-state index is 13.6. The monoisotopic (exact) mass is 384 g/mol. The maximum Gasteiger partial charge on any atom is 0.216 e. The van der Waals surface area contributed by atoms with Gasteiger partial charge in [-0.2, -0.15) is 0 Å². The van der Waals surface area contributed by atoms with Gasteiger partial charge < -0.3 is 5.32 Å². The van der Waals surface area contributed by atoms with Crippen molar-refractivity contribution in [2.75, 3.05) is 13.1 Å². The summed E-state index contributed by atoms with van der Waals surface area (Å²) < 4.78 is 67.6. The number of rotatable bonds is 5. The molecule has 1 fully saturated rings. The van der Waals surface area contributed by atoms with Gasteiger partial charge in [-0.25, -0.2) is 26.3 Å². The molecule has 0 aliphatic carbocycles. The van der Waals surface area contributed by atoms with Crippen LogP contribution in [-0.2, 0) is 15.8 Å². The predicted molar refractivity (Wildman–Crippen MR) is 92.5 cm³/mol. The lowest BCUT2D eigenvalue weighted by atomic mass is 9.86. The highest BCUT2D eigenvalue weighted by Gasteiger charge is 2.30. The zero-order valence-corrected chi connectivity index (χ0v) is 14.7. The fourth-order valence-corrected chi connectivity index (χ4v) is 4.65. The third kappa shape index (κ3) is 4.63. The highest BCUT2D eigenvalue weighted by Crippen LogP contribution is 2.27. The average molecular weight is 384 g/mol. The van der Waals surface area contributed by atoms with Crippen molar-refractivity contribution >= 4 is 10.0 Å². The SMILES string of the molecule is O=S(=O)(Cc1cccc(F)c1)NC1CNCCC1c1ccc(F)c(F)c1. The van der Waals surface area contributed by atoms with Crippen LogP contribution in [0.3, 0.4) is 0 Å². The molecule has 0 amide bonds. The Labute approximate surface area is 150 Å². The van der Waals surface area contributed by atoms with Crippen molar-refractivity contribution in [3.8, 4) is 0 Å². The summed E-state index contributed by atoms with van der Waals surface area (Å²) in [4.78, 5) is 0.